The van der Waals surface area contributed by atoms with E-state index in [0.717, 1.165) is 0 Å². The van der Waals surface area contributed by atoms with Crippen LogP contribution in [-0.2, 0) is 4.79 Å². The maximum atomic E-state index is 10.6. The molecular weight excluding hydrogens is 159 g/mol. The summed E-state index contributed by atoms with van der Waals surface area (Å²) in [6.45, 7) is 1.66. The molecule has 0 N–H and O–H groups in total. The van der Waals surface area contributed by atoms with Crippen molar-refractivity contribution in [1.82, 2.24) is 0 Å². The average molecular weight is 167 g/mol. The predicted molar refractivity (Wildman–Crippen MR) is 40.0 cm³/mol. The SMILES string of the molecule is C/C(Cl)=C\C(=O)CCCl. The number of hydrogen-bond donors (Lipinski definition) is 0. The fourth-order valence-electron chi connectivity index (χ4n) is 0.387. The molecule has 0 aromatic carbocycles. The average Bonchev–Trinajstić information content (AvgIpc) is 1.63. The molecule has 0 bridgehead atoms. The molecule has 0 aliphatic heterocycles. The monoisotopic (exact) mass is 166 g/mol. The first-order valence-electron chi connectivity index (χ1n) is 2.59. The molecule has 0 aliphatic rings. The summed E-state index contributed by atoms with van der Waals surface area (Å²) in [5.74, 6) is 0.344. The van der Waals surface area contributed by atoms with Gasteiger partial charge < -0.3 is 0 Å². The highest BCUT2D eigenvalue weighted by Crippen LogP contribution is 1.99. The Balaban J connectivity index is 3.63. The van der Waals surface area contributed by atoms with E-state index in [-0.39, 0.29) is 5.78 Å². The lowest BCUT2D eigenvalue weighted by atomic mass is 10.3. The standard InChI is InChI=1S/C6H8Cl2O/c1-5(8)4-6(9)2-3-7/h4H,2-3H2,1H3/b5-4+. The van der Waals surface area contributed by atoms with Gasteiger partial charge >= 0.3 is 0 Å². The van der Waals surface area contributed by atoms with Gasteiger partial charge in [0.05, 0.1) is 0 Å². The quantitative estimate of drug-likeness (QED) is 0.465. The Labute approximate surface area is 64.6 Å². The molecule has 9 heavy (non-hydrogen) atoms. The van der Waals surface area contributed by atoms with E-state index in [1.54, 1.807) is 6.92 Å². The van der Waals surface area contributed by atoms with Crippen LogP contribution in [0.3, 0.4) is 0 Å². The Hall–Kier alpha value is -0.0100. The molecule has 0 heterocycles. The van der Waals surface area contributed by atoms with Crippen LogP contribution in [0, 0.1) is 0 Å². The van der Waals surface area contributed by atoms with Gasteiger partial charge in [-0.05, 0) is 13.0 Å². The normalized spacial score (nSPS) is 11.7. The zero-order chi connectivity index (χ0) is 7.28. The topological polar surface area (TPSA) is 17.1 Å². The third-order valence-electron chi connectivity index (χ3n) is 0.701. The number of carbonyl (C=O) groups excluding carboxylic acids is 1. The van der Waals surface area contributed by atoms with Crippen molar-refractivity contribution in [1.29, 1.82) is 0 Å². The second-order valence-corrected chi connectivity index (χ2v) is 2.61. The molecule has 0 saturated carbocycles. The number of alkyl halides is 1. The first-order valence-corrected chi connectivity index (χ1v) is 3.50. The molecule has 0 amide bonds. The largest absolute Gasteiger partial charge is 0.295 e. The van der Waals surface area contributed by atoms with Gasteiger partial charge in [0.15, 0.2) is 5.78 Å². The molecule has 0 radical (unpaired) electrons. The van der Waals surface area contributed by atoms with E-state index in [4.69, 9.17) is 23.2 Å². The summed E-state index contributed by atoms with van der Waals surface area (Å²) in [6.07, 6.45) is 1.75. The van der Waals surface area contributed by atoms with Crippen LogP contribution in [0.4, 0.5) is 0 Å². The van der Waals surface area contributed by atoms with E-state index < -0.39 is 0 Å². The fraction of sp³-hybridized carbons (Fsp3) is 0.500. The second-order valence-electron chi connectivity index (χ2n) is 1.64. The van der Waals surface area contributed by atoms with Crippen molar-refractivity contribution in [2.75, 3.05) is 5.88 Å². The molecule has 0 rings (SSSR count). The zero-order valence-corrected chi connectivity index (χ0v) is 6.67. The Bertz CT molecular complexity index is 125. The first-order chi connectivity index (χ1) is 4.16. The van der Waals surface area contributed by atoms with Gasteiger partial charge in [-0.25, -0.2) is 0 Å². The smallest absolute Gasteiger partial charge is 0.158 e. The van der Waals surface area contributed by atoms with Gasteiger partial charge in [-0.2, -0.15) is 0 Å². The summed E-state index contributed by atoms with van der Waals surface area (Å²) in [6, 6.07) is 0. The summed E-state index contributed by atoms with van der Waals surface area (Å²) in [5, 5.41) is 0.505. The lowest BCUT2D eigenvalue weighted by Gasteiger charge is -1.86. The molecule has 0 saturated heterocycles. The van der Waals surface area contributed by atoms with Crippen LogP contribution in [-0.4, -0.2) is 11.7 Å². The van der Waals surface area contributed by atoms with Crippen molar-refractivity contribution in [3.63, 3.8) is 0 Å². The fourth-order valence-corrected chi connectivity index (χ4v) is 0.695. The summed E-state index contributed by atoms with van der Waals surface area (Å²) >= 11 is 10.7. The van der Waals surface area contributed by atoms with Gasteiger partial charge in [0.2, 0.25) is 0 Å². The molecule has 0 aromatic heterocycles. The predicted octanol–water partition coefficient (Wildman–Crippen LogP) is 2.33. The van der Waals surface area contributed by atoms with Gasteiger partial charge in [0, 0.05) is 17.3 Å². The molecular formula is C6H8Cl2O. The highest BCUT2D eigenvalue weighted by molar-refractivity contribution is 6.30. The molecule has 0 unspecified atom stereocenters. The third kappa shape index (κ3) is 5.87. The minimum Gasteiger partial charge on any atom is -0.295 e. The van der Waals surface area contributed by atoms with Crippen LogP contribution in [0.5, 0.6) is 0 Å². The van der Waals surface area contributed by atoms with E-state index in [9.17, 15) is 4.79 Å². The number of ketones is 1. The van der Waals surface area contributed by atoms with Gasteiger partial charge in [0.25, 0.3) is 0 Å². The number of rotatable bonds is 3. The van der Waals surface area contributed by atoms with Crippen molar-refractivity contribution in [3.05, 3.63) is 11.1 Å². The summed E-state index contributed by atoms with van der Waals surface area (Å²) in [4.78, 5) is 10.6. The van der Waals surface area contributed by atoms with Gasteiger partial charge in [0.1, 0.15) is 0 Å². The maximum absolute atomic E-state index is 10.6. The van der Waals surface area contributed by atoms with E-state index >= 15 is 0 Å². The molecule has 0 aliphatic carbocycles. The van der Waals surface area contributed by atoms with E-state index in [1.165, 1.54) is 6.08 Å². The van der Waals surface area contributed by atoms with Crippen LogP contribution < -0.4 is 0 Å². The highest BCUT2D eigenvalue weighted by atomic mass is 35.5. The van der Waals surface area contributed by atoms with Crippen LogP contribution in [0.25, 0.3) is 0 Å². The van der Waals surface area contributed by atoms with Gasteiger partial charge in [-0.3, -0.25) is 4.79 Å². The molecule has 0 fully saturated rings. The maximum Gasteiger partial charge on any atom is 0.158 e. The van der Waals surface area contributed by atoms with E-state index in [2.05, 4.69) is 0 Å². The Morgan fingerprint density at radius 2 is 2.22 bits per heavy atom. The van der Waals surface area contributed by atoms with Crippen LogP contribution in [0.1, 0.15) is 13.3 Å². The number of carbonyl (C=O) groups is 1. The Morgan fingerprint density at radius 3 is 2.56 bits per heavy atom. The first kappa shape index (κ1) is 8.99. The summed E-state index contributed by atoms with van der Waals surface area (Å²) < 4.78 is 0. The summed E-state index contributed by atoms with van der Waals surface area (Å²) in [5.41, 5.74) is 0. The number of halogens is 2. The molecule has 52 valence electrons. The lowest BCUT2D eigenvalue weighted by molar-refractivity contribution is -0.114. The van der Waals surface area contributed by atoms with Gasteiger partial charge in [-0.15, -0.1) is 11.6 Å². The Morgan fingerprint density at radius 1 is 1.67 bits per heavy atom. The van der Waals surface area contributed by atoms with Crippen LogP contribution >= 0.6 is 23.2 Å². The molecule has 1 nitrogen and oxygen atoms in total. The van der Waals surface area contributed by atoms with E-state index in [0.29, 0.717) is 17.3 Å². The molecule has 0 atom stereocenters. The number of hydrogen-bond acceptors (Lipinski definition) is 1. The van der Waals surface area contributed by atoms with Crippen molar-refractivity contribution in [2.45, 2.75) is 13.3 Å². The minimum atomic E-state index is -0.0162. The van der Waals surface area contributed by atoms with Crippen molar-refractivity contribution in [3.8, 4) is 0 Å². The molecule has 3 heteroatoms. The Kier molecular flexibility index (Phi) is 4.83. The summed E-state index contributed by atoms with van der Waals surface area (Å²) in [7, 11) is 0. The molecule has 0 spiro atoms. The number of allylic oxidation sites excluding steroid dienone is 2. The third-order valence-corrected chi connectivity index (χ3v) is 0.999. The highest BCUT2D eigenvalue weighted by Gasteiger charge is 1.94. The molecule has 0 aromatic rings. The lowest BCUT2D eigenvalue weighted by Crippen LogP contribution is -1.92. The van der Waals surface area contributed by atoms with Crippen LogP contribution in [0.15, 0.2) is 11.1 Å². The zero-order valence-electron chi connectivity index (χ0n) is 5.16. The van der Waals surface area contributed by atoms with Crippen molar-refractivity contribution < 1.29 is 4.79 Å². The van der Waals surface area contributed by atoms with Crippen LogP contribution in [0.2, 0.25) is 0 Å². The van der Waals surface area contributed by atoms with Crippen molar-refractivity contribution in [2.24, 2.45) is 0 Å². The van der Waals surface area contributed by atoms with Gasteiger partial charge in [-0.1, -0.05) is 11.6 Å². The minimum absolute atomic E-state index is 0.0162. The van der Waals surface area contributed by atoms with Crippen molar-refractivity contribution >= 4 is 29.0 Å². The van der Waals surface area contributed by atoms with E-state index in [1.807, 2.05) is 0 Å². The second kappa shape index (κ2) is 4.83.